The predicted molar refractivity (Wildman–Crippen MR) is 121 cm³/mol. The molecule has 0 saturated carbocycles. The largest absolute Gasteiger partial charge is 0.466 e. The molecule has 28 heavy (non-hydrogen) atoms. The average molecular weight is 502 g/mol. The third kappa shape index (κ3) is 14.0. The number of hydrogen-bond acceptors (Lipinski definition) is 4. The first-order valence-corrected chi connectivity index (χ1v) is 11.8. The fraction of sp³-hybridized carbons (Fsp3) is 0.652. The first-order chi connectivity index (χ1) is 13.6. The van der Waals surface area contributed by atoms with Gasteiger partial charge in [-0.05, 0) is 53.1 Å². The zero-order valence-corrected chi connectivity index (χ0v) is 19.4. The molecule has 158 valence electrons. The van der Waals surface area contributed by atoms with Crippen LogP contribution in [0, 0.1) is 3.57 Å². The molecule has 1 aromatic carbocycles. The summed E-state index contributed by atoms with van der Waals surface area (Å²) in [6.07, 6.45) is 12.2. The normalized spacial score (nSPS) is 10.6. The second kappa shape index (κ2) is 16.8. The van der Waals surface area contributed by atoms with Gasteiger partial charge in [0.2, 0.25) is 0 Å². The molecule has 0 spiro atoms. The molecule has 1 aromatic rings. The van der Waals surface area contributed by atoms with Crippen molar-refractivity contribution in [1.29, 1.82) is 0 Å². The quantitative estimate of drug-likeness (QED) is 0.146. The zero-order chi connectivity index (χ0) is 20.5. The summed E-state index contributed by atoms with van der Waals surface area (Å²) in [5.41, 5.74) is 0.967. The molecule has 0 aliphatic rings. The van der Waals surface area contributed by atoms with Gasteiger partial charge in [-0.25, -0.2) is 0 Å². The van der Waals surface area contributed by atoms with Crippen molar-refractivity contribution in [3.8, 4) is 0 Å². The molecule has 0 fully saturated rings. The molecule has 0 atom stereocenters. The summed E-state index contributed by atoms with van der Waals surface area (Å²) < 4.78 is 11.6. The Morgan fingerprint density at radius 3 is 1.89 bits per heavy atom. The SMILES string of the molecule is CCCCCCCCCCCOC(=O)CCCC(=O)OCc1ccc(I)cc1. The molecule has 0 bridgehead atoms. The van der Waals surface area contributed by atoms with Crippen molar-refractivity contribution in [3.63, 3.8) is 0 Å². The lowest BCUT2D eigenvalue weighted by Crippen LogP contribution is -2.09. The Hall–Kier alpha value is -1.11. The van der Waals surface area contributed by atoms with Gasteiger partial charge in [-0.3, -0.25) is 9.59 Å². The van der Waals surface area contributed by atoms with Gasteiger partial charge < -0.3 is 9.47 Å². The van der Waals surface area contributed by atoms with Crippen molar-refractivity contribution in [2.24, 2.45) is 0 Å². The number of benzene rings is 1. The van der Waals surface area contributed by atoms with Crippen LogP contribution in [0.1, 0.15) is 89.5 Å². The minimum absolute atomic E-state index is 0.218. The second-order valence-electron chi connectivity index (χ2n) is 7.19. The second-order valence-corrected chi connectivity index (χ2v) is 8.44. The van der Waals surface area contributed by atoms with E-state index in [4.69, 9.17) is 9.47 Å². The maximum Gasteiger partial charge on any atom is 0.306 e. The molecule has 4 nitrogen and oxygen atoms in total. The highest BCUT2D eigenvalue weighted by molar-refractivity contribution is 14.1. The van der Waals surface area contributed by atoms with E-state index in [9.17, 15) is 9.59 Å². The predicted octanol–water partition coefficient (Wildman–Crippen LogP) is 6.58. The van der Waals surface area contributed by atoms with Crippen LogP contribution in [0.2, 0.25) is 0 Å². The number of hydrogen-bond donors (Lipinski definition) is 0. The average Bonchev–Trinajstić information content (AvgIpc) is 2.69. The van der Waals surface area contributed by atoms with E-state index < -0.39 is 0 Å². The van der Waals surface area contributed by atoms with Gasteiger partial charge in [-0.15, -0.1) is 0 Å². The summed E-state index contributed by atoms with van der Waals surface area (Å²) in [7, 11) is 0. The molecule has 0 radical (unpaired) electrons. The van der Waals surface area contributed by atoms with Crippen LogP contribution < -0.4 is 0 Å². The fourth-order valence-electron chi connectivity index (χ4n) is 2.86. The summed E-state index contributed by atoms with van der Waals surface area (Å²) in [6.45, 7) is 3.00. The van der Waals surface area contributed by atoms with Gasteiger partial charge in [0.25, 0.3) is 0 Å². The molecule has 1 rings (SSSR count). The van der Waals surface area contributed by atoms with Gasteiger partial charge >= 0.3 is 11.9 Å². The Balaban J connectivity index is 1.91. The minimum Gasteiger partial charge on any atom is -0.466 e. The summed E-state index contributed by atoms with van der Waals surface area (Å²) in [4.78, 5) is 23.4. The van der Waals surface area contributed by atoms with Gasteiger partial charge in [-0.1, -0.05) is 70.4 Å². The molecule has 0 aliphatic carbocycles. The van der Waals surface area contributed by atoms with Crippen molar-refractivity contribution in [2.75, 3.05) is 6.61 Å². The Labute approximate surface area is 183 Å². The highest BCUT2D eigenvalue weighted by Gasteiger charge is 2.07. The number of halogens is 1. The number of rotatable bonds is 16. The van der Waals surface area contributed by atoms with Crippen LogP contribution >= 0.6 is 22.6 Å². The van der Waals surface area contributed by atoms with Crippen LogP contribution in [0.4, 0.5) is 0 Å². The Bertz CT molecular complexity index is 542. The van der Waals surface area contributed by atoms with Crippen LogP contribution in [0.15, 0.2) is 24.3 Å². The molecular formula is C23H35IO4. The van der Waals surface area contributed by atoms with Crippen LogP contribution in [0.3, 0.4) is 0 Å². The fourth-order valence-corrected chi connectivity index (χ4v) is 3.22. The van der Waals surface area contributed by atoms with E-state index in [1.807, 2.05) is 24.3 Å². The van der Waals surface area contributed by atoms with E-state index in [2.05, 4.69) is 29.5 Å². The summed E-state index contributed by atoms with van der Waals surface area (Å²) in [5.74, 6) is -0.490. The van der Waals surface area contributed by atoms with Crippen LogP contribution in [-0.4, -0.2) is 18.5 Å². The lowest BCUT2D eigenvalue weighted by atomic mass is 10.1. The van der Waals surface area contributed by atoms with Crippen molar-refractivity contribution in [3.05, 3.63) is 33.4 Å². The van der Waals surface area contributed by atoms with Crippen LogP contribution in [0.25, 0.3) is 0 Å². The number of esters is 2. The van der Waals surface area contributed by atoms with E-state index in [1.54, 1.807) is 0 Å². The highest BCUT2D eigenvalue weighted by atomic mass is 127. The lowest BCUT2D eigenvalue weighted by Gasteiger charge is -2.06. The van der Waals surface area contributed by atoms with Crippen molar-refractivity contribution in [2.45, 2.75) is 90.6 Å². The van der Waals surface area contributed by atoms with Crippen LogP contribution in [0.5, 0.6) is 0 Å². The standard InChI is InChI=1S/C23H35IO4/c1-2-3-4-5-6-7-8-9-10-18-27-22(25)12-11-13-23(26)28-19-20-14-16-21(24)17-15-20/h14-17H,2-13,18-19H2,1H3. The molecule has 0 unspecified atom stereocenters. The summed E-state index contributed by atoms with van der Waals surface area (Å²) in [5, 5.41) is 0. The van der Waals surface area contributed by atoms with E-state index in [1.165, 1.54) is 44.9 Å². The van der Waals surface area contributed by atoms with Crippen LogP contribution in [-0.2, 0) is 25.7 Å². The minimum atomic E-state index is -0.273. The Kier molecular flexibility index (Phi) is 15.0. The van der Waals surface area contributed by atoms with E-state index in [-0.39, 0.29) is 31.4 Å². The van der Waals surface area contributed by atoms with Gasteiger partial charge in [0.15, 0.2) is 0 Å². The van der Waals surface area contributed by atoms with Gasteiger partial charge in [0, 0.05) is 16.4 Å². The number of carbonyl (C=O) groups excluding carboxylic acids is 2. The molecule has 5 heteroatoms. The number of carbonyl (C=O) groups is 2. The smallest absolute Gasteiger partial charge is 0.306 e. The van der Waals surface area contributed by atoms with E-state index >= 15 is 0 Å². The first-order valence-electron chi connectivity index (χ1n) is 10.7. The maximum absolute atomic E-state index is 11.7. The van der Waals surface area contributed by atoms with Crippen molar-refractivity contribution >= 4 is 34.5 Å². The maximum atomic E-state index is 11.7. The monoisotopic (exact) mass is 502 g/mol. The third-order valence-corrected chi connectivity index (χ3v) is 5.30. The van der Waals surface area contributed by atoms with E-state index in [0.29, 0.717) is 13.0 Å². The molecule has 0 aromatic heterocycles. The summed E-state index contributed by atoms with van der Waals surface area (Å²) >= 11 is 2.23. The lowest BCUT2D eigenvalue weighted by molar-refractivity contribution is -0.146. The first kappa shape index (κ1) is 24.9. The molecule has 0 N–H and O–H groups in total. The Morgan fingerprint density at radius 2 is 1.29 bits per heavy atom. The van der Waals surface area contributed by atoms with Crippen molar-refractivity contribution < 1.29 is 19.1 Å². The van der Waals surface area contributed by atoms with Gasteiger partial charge in [0.05, 0.1) is 6.61 Å². The molecule has 0 aliphatic heterocycles. The summed E-state index contributed by atoms with van der Waals surface area (Å²) in [6, 6.07) is 7.85. The number of ether oxygens (including phenoxy) is 2. The van der Waals surface area contributed by atoms with Gasteiger partial charge in [0.1, 0.15) is 6.61 Å². The molecule has 0 saturated heterocycles. The highest BCUT2D eigenvalue weighted by Crippen LogP contribution is 2.11. The third-order valence-electron chi connectivity index (χ3n) is 4.59. The van der Waals surface area contributed by atoms with Crippen molar-refractivity contribution in [1.82, 2.24) is 0 Å². The topological polar surface area (TPSA) is 52.6 Å². The molecule has 0 heterocycles. The number of unbranched alkanes of at least 4 members (excludes halogenated alkanes) is 8. The molecule has 0 amide bonds. The van der Waals surface area contributed by atoms with E-state index in [0.717, 1.165) is 22.0 Å². The van der Waals surface area contributed by atoms with Gasteiger partial charge in [-0.2, -0.15) is 0 Å². The molecular weight excluding hydrogens is 467 g/mol. The zero-order valence-electron chi connectivity index (χ0n) is 17.2. The Morgan fingerprint density at radius 1 is 0.750 bits per heavy atom.